The van der Waals surface area contributed by atoms with E-state index in [4.69, 9.17) is 0 Å². The predicted molar refractivity (Wildman–Crippen MR) is 92.4 cm³/mol. The third kappa shape index (κ3) is 2.92. The number of benzene rings is 2. The van der Waals surface area contributed by atoms with Crippen molar-refractivity contribution >= 4 is 22.8 Å². The van der Waals surface area contributed by atoms with Gasteiger partial charge in [0.15, 0.2) is 0 Å². The molecule has 1 heterocycles. The molecular weight excluding hydrogens is 292 g/mol. The molecule has 0 unspecified atom stereocenters. The number of hydrogen-bond acceptors (Lipinski definition) is 3. The highest BCUT2D eigenvalue weighted by molar-refractivity contribution is 7.98. The first-order valence-corrected chi connectivity index (χ1v) is 8.35. The molecule has 0 fully saturated rings. The molecule has 0 saturated carbocycles. The van der Waals surface area contributed by atoms with Crippen molar-refractivity contribution in [3.8, 4) is 0 Å². The molecule has 0 aliphatic rings. The number of thioether (sulfide) groups is 1. The topological polar surface area (TPSA) is 34.9 Å². The van der Waals surface area contributed by atoms with Crippen LogP contribution in [0.4, 0.5) is 0 Å². The summed E-state index contributed by atoms with van der Waals surface area (Å²) < 4.78 is 1.80. The van der Waals surface area contributed by atoms with Crippen molar-refractivity contribution in [2.24, 2.45) is 0 Å². The highest BCUT2D eigenvalue weighted by Gasteiger charge is 2.10. The molecule has 0 amide bonds. The molecule has 0 bridgehead atoms. The quantitative estimate of drug-likeness (QED) is 0.683. The maximum absolute atomic E-state index is 12.6. The van der Waals surface area contributed by atoms with Crippen LogP contribution in [0.2, 0.25) is 0 Å². The average Bonchev–Trinajstić information content (AvgIpc) is 2.54. The van der Waals surface area contributed by atoms with Crippen molar-refractivity contribution in [3.05, 3.63) is 70.1 Å². The number of aryl methyl sites for hydroxylation is 2. The van der Waals surface area contributed by atoms with Crippen LogP contribution >= 0.6 is 11.8 Å². The fourth-order valence-electron chi connectivity index (χ4n) is 2.44. The molecule has 22 heavy (non-hydrogen) atoms. The third-order valence-corrected chi connectivity index (χ3v) is 4.66. The van der Waals surface area contributed by atoms with Crippen molar-refractivity contribution < 1.29 is 0 Å². The van der Waals surface area contributed by atoms with Crippen LogP contribution in [0.25, 0.3) is 11.0 Å². The van der Waals surface area contributed by atoms with Gasteiger partial charge in [-0.3, -0.25) is 4.79 Å². The van der Waals surface area contributed by atoms with Gasteiger partial charge in [0, 0.05) is 17.2 Å². The summed E-state index contributed by atoms with van der Waals surface area (Å²) in [6.07, 6.45) is 0. The van der Waals surface area contributed by atoms with Crippen molar-refractivity contribution in [2.45, 2.75) is 31.0 Å². The molecule has 112 valence electrons. The number of nitrogens with zero attached hydrogens (tertiary/aromatic N) is 2. The Morgan fingerprint density at radius 1 is 1.09 bits per heavy atom. The molecule has 0 spiro atoms. The van der Waals surface area contributed by atoms with Gasteiger partial charge in [0.2, 0.25) is 0 Å². The molecule has 1 aromatic heterocycles. The Morgan fingerprint density at radius 2 is 1.82 bits per heavy atom. The van der Waals surface area contributed by atoms with Gasteiger partial charge in [-0.25, -0.2) is 4.98 Å². The van der Waals surface area contributed by atoms with Gasteiger partial charge in [0.1, 0.15) is 5.69 Å². The SMILES string of the molecule is CCn1c(=O)c(CSc2ccc(C)cc2)nc2ccccc21. The second-order valence-corrected chi connectivity index (χ2v) is 6.25. The summed E-state index contributed by atoms with van der Waals surface area (Å²) in [6.45, 7) is 4.72. The minimum absolute atomic E-state index is 0.0146. The summed E-state index contributed by atoms with van der Waals surface area (Å²) in [7, 11) is 0. The van der Waals surface area contributed by atoms with Crippen LogP contribution < -0.4 is 5.56 Å². The Morgan fingerprint density at radius 3 is 2.55 bits per heavy atom. The lowest BCUT2D eigenvalue weighted by molar-refractivity contribution is 0.743. The zero-order chi connectivity index (χ0) is 15.5. The number of rotatable bonds is 4. The third-order valence-electron chi connectivity index (χ3n) is 3.63. The van der Waals surface area contributed by atoms with E-state index in [0.29, 0.717) is 18.0 Å². The normalized spacial score (nSPS) is 11.0. The summed E-state index contributed by atoms with van der Waals surface area (Å²) in [5, 5.41) is 0. The van der Waals surface area contributed by atoms with E-state index in [9.17, 15) is 4.79 Å². The van der Waals surface area contributed by atoms with Crippen LogP contribution in [0.1, 0.15) is 18.2 Å². The van der Waals surface area contributed by atoms with Crippen LogP contribution in [0, 0.1) is 6.92 Å². The molecule has 2 aromatic carbocycles. The lowest BCUT2D eigenvalue weighted by Crippen LogP contribution is -2.24. The van der Waals surface area contributed by atoms with Crippen LogP contribution in [0.5, 0.6) is 0 Å². The minimum atomic E-state index is 0.0146. The Balaban J connectivity index is 1.95. The van der Waals surface area contributed by atoms with Gasteiger partial charge in [-0.1, -0.05) is 29.8 Å². The maximum atomic E-state index is 12.6. The highest BCUT2D eigenvalue weighted by Crippen LogP contribution is 2.22. The maximum Gasteiger partial charge on any atom is 0.273 e. The Labute approximate surface area is 134 Å². The smallest absolute Gasteiger partial charge is 0.273 e. The largest absolute Gasteiger partial charge is 0.305 e. The van der Waals surface area contributed by atoms with E-state index in [1.54, 1.807) is 16.3 Å². The Hall–Kier alpha value is -2.07. The summed E-state index contributed by atoms with van der Waals surface area (Å²) >= 11 is 1.65. The summed E-state index contributed by atoms with van der Waals surface area (Å²) in [5.41, 5.74) is 3.65. The van der Waals surface area contributed by atoms with Gasteiger partial charge in [-0.2, -0.15) is 0 Å². The standard InChI is InChI=1S/C18H18N2OS/c1-3-20-17-7-5-4-6-15(17)19-16(18(20)21)12-22-14-10-8-13(2)9-11-14/h4-11H,3,12H2,1-2H3. The van der Waals surface area contributed by atoms with E-state index in [1.807, 2.05) is 31.2 Å². The molecule has 0 atom stereocenters. The van der Waals surface area contributed by atoms with Gasteiger partial charge in [0.05, 0.1) is 11.0 Å². The van der Waals surface area contributed by atoms with E-state index in [2.05, 4.69) is 36.2 Å². The van der Waals surface area contributed by atoms with Gasteiger partial charge >= 0.3 is 0 Å². The lowest BCUT2D eigenvalue weighted by Gasteiger charge is -2.10. The van der Waals surface area contributed by atoms with Gasteiger partial charge in [0.25, 0.3) is 5.56 Å². The van der Waals surface area contributed by atoms with E-state index in [0.717, 1.165) is 15.9 Å². The molecule has 0 aliphatic heterocycles. The average molecular weight is 310 g/mol. The first kappa shape index (κ1) is 14.9. The van der Waals surface area contributed by atoms with Crippen molar-refractivity contribution in [2.75, 3.05) is 0 Å². The fraction of sp³-hybridized carbons (Fsp3) is 0.222. The molecule has 0 aliphatic carbocycles. The van der Waals surface area contributed by atoms with Crippen molar-refractivity contribution in [3.63, 3.8) is 0 Å². The van der Waals surface area contributed by atoms with Gasteiger partial charge in [-0.05, 0) is 38.1 Å². The monoisotopic (exact) mass is 310 g/mol. The molecule has 0 radical (unpaired) electrons. The first-order valence-electron chi connectivity index (χ1n) is 7.37. The fourth-order valence-corrected chi connectivity index (χ4v) is 3.26. The number of hydrogen-bond donors (Lipinski definition) is 0. The Kier molecular flexibility index (Phi) is 4.29. The van der Waals surface area contributed by atoms with Gasteiger partial charge < -0.3 is 4.57 Å². The first-order chi connectivity index (χ1) is 10.7. The molecule has 3 aromatic rings. The summed E-state index contributed by atoms with van der Waals surface area (Å²) in [4.78, 5) is 18.3. The molecule has 0 N–H and O–H groups in total. The van der Waals surface area contributed by atoms with Crippen LogP contribution in [0.3, 0.4) is 0 Å². The highest BCUT2D eigenvalue weighted by atomic mass is 32.2. The number of para-hydroxylation sites is 2. The number of fused-ring (bicyclic) bond motifs is 1. The van der Waals surface area contributed by atoms with E-state index < -0.39 is 0 Å². The molecular formula is C18H18N2OS. The van der Waals surface area contributed by atoms with Crippen LogP contribution in [-0.2, 0) is 12.3 Å². The second-order valence-electron chi connectivity index (χ2n) is 5.20. The van der Waals surface area contributed by atoms with Gasteiger partial charge in [-0.15, -0.1) is 11.8 Å². The molecule has 3 nitrogen and oxygen atoms in total. The van der Waals surface area contributed by atoms with Crippen LogP contribution in [0.15, 0.2) is 58.2 Å². The van der Waals surface area contributed by atoms with E-state index in [-0.39, 0.29) is 5.56 Å². The van der Waals surface area contributed by atoms with Crippen molar-refractivity contribution in [1.82, 2.24) is 9.55 Å². The second kappa shape index (κ2) is 6.36. The molecule has 0 saturated heterocycles. The summed E-state index contributed by atoms with van der Waals surface area (Å²) in [6, 6.07) is 16.1. The van der Waals surface area contributed by atoms with E-state index in [1.165, 1.54) is 5.56 Å². The molecule has 3 rings (SSSR count). The predicted octanol–water partition coefficient (Wildman–Crippen LogP) is 4.02. The molecule has 4 heteroatoms. The number of aromatic nitrogens is 2. The van der Waals surface area contributed by atoms with E-state index >= 15 is 0 Å². The Bertz CT molecular complexity index is 853. The lowest BCUT2D eigenvalue weighted by atomic mass is 10.2. The minimum Gasteiger partial charge on any atom is -0.305 e. The van der Waals surface area contributed by atoms with Crippen LogP contribution in [-0.4, -0.2) is 9.55 Å². The zero-order valence-corrected chi connectivity index (χ0v) is 13.6. The zero-order valence-electron chi connectivity index (χ0n) is 12.7. The van der Waals surface area contributed by atoms with Crippen molar-refractivity contribution in [1.29, 1.82) is 0 Å². The summed E-state index contributed by atoms with van der Waals surface area (Å²) in [5.74, 6) is 0.590.